The van der Waals surface area contributed by atoms with Crippen molar-refractivity contribution in [1.29, 1.82) is 0 Å². The van der Waals surface area contributed by atoms with Gasteiger partial charge in [0.05, 0.1) is 30.8 Å². The van der Waals surface area contributed by atoms with Gasteiger partial charge in [-0.25, -0.2) is 0 Å². The zero-order valence-electron chi connectivity index (χ0n) is 15.9. The van der Waals surface area contributed by atoms with Gasteiger partial charge in [0.2, 0.25) is 11.8 Å². The summed E-state index contributed by atoms with van der Waals surface area (Å²) in [6.07, 6.45) is 0.882. The quantitative estimate of drug-likeness (QED) is 0.770. The lowest BCUT2D eigenvalue weighted by atomic mass is 10.1. The third kappa shape index (κ3) is 4.57. The first-order valence-electron chi connectivity index (χ1n) is 9.06. The minimum absolute atomic E-state index is 0.0141. The van der Waals surface area contributed by atoms with Crippen molar-refractivity contribution >= 4 is 29.1 Å². The summed E-state index contributed by atoms with van der Waals surface area (Å²) < 4.78 is 10.6. The molecule has 2 amide bonds. The molecule has 1 aliphatic heterocycles. The maximum absolute atomic E-state index is 12.5. The Bertz CT molecular complexity index is 871. The van der Waals surface area contributed by atoms with Crippen molar-refractivity contribution in [3.05, 3.63) is 53.1 Å². The molecular weight excluding hydrogens is 380 g/mol. The molecule has 0 bridgehead atoms. The molecule has 1 atom stereocenters. The van der Waals surface area contributed by atoms with E-state index in [1.165, 1.54) is 0 Å². The number of carbonyl (C=O) groups is 2. The second-order valence-corrected chi connectivity index (χ2v) is 7.06. The Balaban J connectivity index is 1.57. The van der Waals surface area contributed by atoms with Gasteiger partial charge < -0.3 is 19.7 Å². The molecule has 6 nitrogen and oxygen atoms in total. The van der Waals surface area contributed by atoms with Gasteiger partial charge in [0.25, 0.3) is 0 Å². The predicted molar refractivity (Wildman–Crippen MR) is 108 cm³/mol. The van der Waals surface area contributed by atoms with E-state index in [0.29, 0.717) is 41.7 Å². The molecule has 2 aromatic carbocycles. The fourth-order valence-electron chi connectivity index (χ4n) is 3.26. The third-order valence-corrected chi connectivity index (χ3v) is 5.16. The van der Waals surface area contributed by atoms with Crippen LogP contribution >= 0.6 is 11.6 Å². The molecule has 0 spiro atoms. The second kappa shape index (κ2) is 8.97. The van der Waals surface area contributed by atoms with E-state index in [4.69, 9.17) is 21.1 Å². The van der Waals surface area contributed by atoms with Crippen molar-refractivity contribution in [2.75, 3.05) is 32.6 Å². The zero-order chi connectivity index (χ0) is 20.1. The first-order chi connectivity index (χ1) is 13.5. The largest absolute Gasteiger partial charge is 0.493 e. The highest BCUT2D eigenvalue weighted by Crippen LogP contribution is 2.28. The van der Waals surface area contributed by atoms with Crippen LogP contribution in [0.2, 0.25) is 5.02 Å². The number of halogens is 1. The van der Waals surface area contributed by atoms with Gasteiger partial charge in [-0.15, -0.1) is 0 Å². The van der Waals surface area contributed by atoms with Crippen LogP contribution in [-0.2, 0) is 16.0 Å². The number of nitrogens with one attached hydrogen (secondary N) is 1. The summed E-state index contributed by atoms with van der Waals surface area (Å²) in [5, 5.41) is 3.29. The Labute approximate surface area is 169 Å². The summed E-state index contributed by atoms with van der Waals surface area (Å²) >= 11 is 6.08. The van der Waals surface area contributed by atoms with Gasteiger partial charge >= 0.3 is 0 Å². The summed E-state index contributed by atoms with van der Waals surface area (Å²) in [6.45, 7) is 0.951. The lowest BCUT2D eigenvalue weighted by Crippen LogP contribution is -2.30. The molecule has 1 N–H and O–H groups in total. The molecule has 1 saturated heterocycles. The van der Waals surface area contributed by atoms with Crippen LogP contribution in [0.1, 0.15) is 12.0 Å². The number of nitrogens with zero attached hydrogens (tertiary/aromatic N) is 1. The number of ether oxygens (including phenoxy) is 2. The molecule has 3 rings (SSSR count). The topological polar surface area (TPSA) is 67.9 Å². The molecule has 0 radical (unpaired) electrons. The molecule has 148 valence electrons. The average Bonchev–Trinajstić information content (AvgIpc) is 3.08. The summed E-state index contributed by atoms with van der Waals surface area (Å²) in [7, 11) is 3.18. The predicted octanol–water partition coefficient (Wildman–Crippen LogP) is 3.39. The van der Waals surface area contributed by atoms with Crippen LogP contribution in [0.3, 0.4) is 0 Å². The fraction of sp³-hybridized carbons (Fsp3) is 0.333. The zero-order valence-corrected chi connectivity index (χ0v) is 16.7. The minimum atomic E-state index is -0.380. The normalized spacial score (nSPS) is 16.2. The SMILES string of the molecule is COc1ccc(CCN2CC(C(=O)Nc3ccccc3Cl)CC2=O)cc1OC. The number of rotatable bonds is 7. The standard InChI is InChI=1S/C21H23ClN2O4/c1-27-18-8-7-14(11-19(18)28-2)9-10-24-13-15(12-20(24)25)21(26)23-17-6-4-3-5-16(17)22/h3-8,11,15H,9-10,12-13H2,1-2H3,(H,23,26). The smallest absolute Gasteiger partial charge is 0.229 e. The number of amides is 2. The van der Waals surface area contributed by atoms with E-state index in [2.05, 4.69) is 5.32 Å². The van der Waals surface area contributed by atoms with Gasteiger partial charge in [0.15, 0.2) is 11.5 Å². The Hall–Kier alpha value is -2.73. The van der Waals surface area contributed by atoms with Crippen molar-refractivity contribution < 1.29 is 19.1 Å². The molecule has 7 heteroatoms. The minimum Gasteiger partial charge on any atom is -0.493 e. The van der Waals surface area contributed by atoms with E-state index in [1.807, 2.05) is 18.2 Å². The maximum atomic E-state index is 12.5. The highest BCUT2D eigenvalue weighted by molar-refractivity contribution is 6.33. The number of carbonyl (C=O) groups excluding carboxylic acids is 2. The molecule has 0 aromatic heterocycles. The van der Waals surface area contributed by atoms with Crippen LogP contribution in [0.25, 0.3) is 0 Å². The van der Waals surface area contributed by atoms with Crippen LogP contribution in [0.5, 0.6) is 11.5 Å². The molecule has 28 heavy (non-hydrogen) atoms. The summed E-state index contributed by atoms with van der Waals surface area (Å²) in [6, 6.07) is 12.8. The van der Waals surface area contributed by atoms with Crippen LogP contribution in [-0.4, -0.2) is 44.0 Å². The Morgan fingerprint density at radius 1 is 1.18 bits per heavy atom. The van der Waals surface area contributed by atoms with Crippen molar-refractivity contribution in [1.82, 2.24) is 4.90 Å². The number of anilines is 1. The van der Waals surface area contributed by atoms with Crippen LogP contribution in [0, 0.1) is 5.92 Å². The molecule has 2 aromatic rings. The molecule has 1 heterocycles. The van der Waals surface area contributed by atoms with E-state index < -0.39 is 0 Å². The van der Waals surface area contributed by atoms with E-state index in [0.717, 1.165) is 5.56 Å². The van der Waals surface area contributed by atoms with Crippen molar-refractivity contribution in [3.63, 3.8) is 0 Å². The lowest BCUT2D eigenvalue weighted by molar-refractivity contribution is -0.128. The van der Waals surface area contributed by atoms with E-state index in [9.17, 15) is 9.59 Å². The number of para-hydroxylation sites is 1. The maximum Gasteiger partial charge on any atom is 0.229 e. The average molecular weight is 403 g/mol. The Kier molecular flexibility index (Phi) is 6.41. The monoisotopic (exact) mass is 402 g/mol. The lowest BCUT2D eigenvalue weighted by Gasteiger charge is -2.17. The molecule has 0 aliphatic carbocycles. The van der Waals surface area contributed by atoms with Gasteiger partial charge in [0.1, 0.15) is 0 Å². The van der Waals surface area contributed by atoms with Crippen molar-refractivity contribution in [3.8, 4) is 11.5 Å². The second-order valence-electron chi connectivity index (χ2n) is 6.65. The highest BCUT2D eigenvalue weighted by atomic mass is 35.5. The van der Waals surface area contributed by atoms with Gasteiger partial charge in [-0.2, -0.15) is 0 Å². The van der Waals surface area contributed by atoms with E-state index in [-0.39, 0.29) is 24.2 Å². The van der Waals surface area contributed by atoms with Gasteiger partial charge in [-0.3, -0.25) is 9.59 Å². The van der Waals surface area contributed by atoms with Crippen molar-refractivity contribution in [2.45, 2.75) is 12.8 Å². The number of methoxy groups -OCH3 is 2. The van der Waals surface area contributed by atoms with E-state index in [1.54, 1.807) is 43.4 Å². The summed E-state index contributed by atoms with van der Waals surface area (Å²) in [5.74, 6) is 0.744. The Morgan fingerprint density at radius 2 is 1.93 bits per heavy atom. The van der Waals surface area contributed by atoms with Gasteiger partial charge in [0, 0.05) is 19.5 Å². The van der Waals surface area contributed by atoms with Gasteiger partial charge in [-0.1, -0.05) is 29.8 Å². The highest BCUT2D eigenvalue weighted by Gasteiger charge is 2.34. The van der Waals surface area contributed by atoms with Crippen LogP contribution in [0.15, 0.2) is 42.5 Å². The van der Waals surface area contributed by atoms with E-state index >= 15 is 0 Å². The molecule has 0 saturated carbocycles. The van der Waals surface area contributed by atoms with Gasteiger partial charge in [-0.05, 0) is 36.2 Å². The molecule has 1 unspecified atom stereocenters. The Morgan fingerprint density at radius 3 is 2.64 bits per heavy atom. The molecule has 1 aliphatic rings. The number of hydrogen-bond donors (Lipinski definition) is 1. The first-order valence-corrected chi connectivity index (χ1v) is 9.43. The summed E-state index contributed by atoms with van der Waals surface area (Å²) in [4.78, 5) is 26.6. The number of likely N-dealkylation sites (tertiary alicyclic amines) is 1. The third-order valence-electron chi connectivity index (χ3n) is 4.84. The van der Waals surface area contributed by atoms with Crippen molar-refractivity contribution in [2.24, 2.45) is 5.92 Å². The van der Waals surface area contributed by atoms with Crippen LogP contribution < -0.4 is 14.8 Å². The fourth-order valence-corrected chi connectivity index (χ4v) is 3.44. The number of benzene rings is 2. The first kappa shape index (κ1) is 20.0. The molecule has 1 fully saturated rings. The summed E-state index contributed by atoms with van der Waals surface area (Å²) in [5.41, 5.74) is 1.60. The van der Waals surface area contributed by atoms with Crippen LogP contribution in [0.4, 0.5) is 5.69 Å². The molecular formula is C21H23ClN2O4. The number of hydrogen-bond acceptors (Lipinski definition) is 4.